The first-order chi connectivity index (χ1) is 11.1. The van der Waals surface area contributed by atoms with Crippen LogP contribution in [0.1, 0.15) is 15.9 Å². The largest absolute Gasteiger partial charge is 0.454 e. The number of amides is 1. The van der Waals surface area contributed by atoms with Crippen LogP contribution >= 0.6 is 22.9 Å². The minimum atomic E-state index is -0.245. The van der Waals surface area contributed by atoms with E-state index in [1.54, 1.807) is 24.3 Å². The fourth-order valence-corrected chi connectivity index (χ4v) is 3.41. The molecule has 0 radical (unpaired) electrons. The minimum Gasteiger partial charge on any atom is -0.454 e. The fraction of sp³-hybridized carbons (Fsp3) is 0.125. The van der Waals surface area contributed by atoms with Crippen molar-refractivity contribution in [3.8, 4) is 11.5 Å². The van der Waals surface area contributed by atoms with Gasteiger partial charge in [-0.15, -0.1) is 0 Å². The van der Waals surface area contributed by atoms with Crippen LogP contribution in [0, 0.1) is 6.92 Å². The second kappa shape index (κ2) is 5.40. The van der Waals surface area contributed by atoms with Crippen molar-refractivity contribution in [2.24, 2.45) is 0 Å². The van der Waals surface area contributed by atoms with Crippen LogP contribution in [0.3, 0.4) is 0 Å². The molecule has 0 aliphatic carbocycles. The van der Waals surface area contributed by atoms with E-state index in [0.29, 0.717) is 27.2 Å². The fourth-order valence-electron chi connectivity index (χ4n) is 2.31. The maximum Gasteiger partial charge on any atom is 0.257 e. The molecule has 2 heterocycles. The number of nitrogens with zero attached hydrogens (tertiary/aromatic N) is 1. The Hall–Kier alpha value is -2.31. The molecule has 2 aromatic carbocycles. The monoisotopic (exact) mass is 346 g/mol. The third kappa shape index (κ3) is 2.60. The van der Waals surface area contributed by atoms with Crippen molar-refractivity contribution in [3.05, 3.63) is 46.5 Å². The molecule has 1 N–H and O–H groups in total. The third-order valence-corrected chi connectivity index (χ3v) is 4.86. The van der Waals surface area contributed by atoms with Crippen molar-refractivity contribution in [2.75, 3.05) is 12.1 Å². The lowest BCUT2D eigenvalue weighted by molar-refractivity contribution is 0.102. The molecule has 0 fully saturated rings. The minimum absolute atomic E-state index is 0.179. The van der Waals surface area contributed by atoms with Crippen molar-refractivity contribution >= 4 is 44.2 Å². The summed E-state index contributed by atoms with van der Waals surface area (Å²) in [5, 5.41) is 4.00. The number of halogens is 1. The van der Waals surface area contributed by atoms with E-state index in [2.05, 4.69) is 10.3 Å². The highest BCUT2D eigenvalue weighted by Gasteiger charge is 2.17. The summed E-state index contributed by atoms with van der Waals surface area (Å²) in [7, 11) is 0. The maximum atomic E-state index is 12.4. The Kier molecular flexibility index (Phi) is 3.36. The number of hydrogen-bond donors (Lipinski definition) is 1. The molecule has 7 heteroatoms. The molecular formula is C16H11ClN2O3S. The summed E-state index contributed by atoms with van der Waals surface area (Å²) in [6.45, 7) is 2.12. The summed E-state index contributed by atoms with van der Waals surface area (Å²) in [5.41, 5.74) is 2.24. The summed E-state index contributed by atoms with van der Waals surface area (Å²) >= 11 is 7.52. The molecule has 0 bridgehead atoms. The zero-order valence-electron chi connectivity index (χ0n) is 12.1. The predicted molar refractivity (Wildman–Crippen MR) is 89.9 cm³/mol. The topological polar surface area (TPSA) is 60.5 Å². The Morgan fingerprint density at radius 3 is 2.96 bits per heavy atom. The Labute approximate surface area is 140 Å². The van der Waals surface area contributed by atoms with Gasteiger partial charge in [0.25, 0.3) is 5.91 Å². The van der Waals surface area contributed by atoms with Crippen molar-refractivity contribution < 1.29 is 14.3 Å². The average molecular weight is 347 g/mol. The van der Waals surface area contributed by atoms with E-state index in [4.69, 9.17) is 21.1 Å². The highest BCUT2D eigenvalue weighted by molar-refractivity contribution is 7.22. The second-order valence-corrected chi connectivity index (χ2v) is 6.55. The van der Waals surface area contributed by atoms with E-state index in [1.807, 2.05) is 13.0 Å². The number of benzene rings is 2. The summed E-state index contributed by atoms with van der Waals surface area (Å²) in [6.07, 6.45) is 0. The molecule has 0 unspecified atom stereocenters. The maximum absolute atomic E-state index is 12.4. The normalized spacial score (nSPS) is 12.6. The van der Waals surface area contributed by atoms with Crippen molar-refractivity contribution in [2.45, 2.75) is 6.92 Å². The molecule has 1 aliphatic heterocycles. The standard InChI is InChI=1S/C16H11ClN2O3S/c1-8-4-14-11(6-10(8)17)18-16(23-14)19-15(20)9-2-3-12-13(5-9)22-7-21-12/h2-6H,7H2,1H3,(H,18,19,20). The molecule has 0 spiro atoms. The number of carbonyl (C=O) groups is 1. The van der Waals surface area contributed by atoms with Crippen molar-refractivity contribution in [3.63, 3.8) is 0 Å². The van der Waals surface area contributed by atoms with E-state index in [0.717, 1.165) is 15.8 Å². The molecule has 4 rings (SSSR count). The van der Waals surface area contributed by atoms with Crippen LogP contribution < -0.4 is 14.8 Å². The number of rotatable bonds is 2. The van der Waals surface area contributed by atoms with Crippen LogP contribution in [0.2, 0.25) is 5.02 Å². The SMILES string of the molecule is Cc1cc2sc(NC(=O)c3ccc4c(c3)OCO4)nc2cc1Cl. The molecule has 0 saturated carbocycles. The zero-order valence-corrected chi connectivity index (χ0v) is 13.6. The summed E-state index contributed by atoms with van der Waals surface area (Å²) in [5.74, 6) is 0.973. The molecule has 1 aliphatic rings. The smallest absolute Gasteiger partial charge is 0.257 e. The number of aryl methyl sites for hydroxylation is 1. The molecule has 0 atom stereocenters. The van der Waals surface area contributed by atoms with Gasteiger partial charge in [-0.2, -0.15) is 0 Å². The van der Waals surface area contributed by atoms with Gasteiger partial charge >= 0.3 is 0 Å². The highest BCUT2D eigenvalue weighted by Crippen LogP contribution is 2.33. The van der Waals surface area contributed by atoms with Crippen molar-refractivity contribution in [1.82, 2.24) is 4.98 Å². The number of fused-ring (bicyclic) bond motifs is 2. The second-order valence-electron chi connectivity index (χ2n) is 5.11. The van der Waals surface area contributed by atoms with Gasteiger partial charge in [0.2, 0.25) is 6.79 Å². The van der Waals surface area contributed by atoms with Gasteiger partial charge in [-0.3, -0.25) is 10.1 Å². The van der Waals surface area contributed by atoms with Crippen LogP contribution in [-0.2, 0) is 0 Å². The summed E-state index contributed by atoms with van der Waals surface area (Å²) in [4.78, 5) is 16.8. The number of thiazole rings is 1. The first-order valence-electron chi connectivity index (χ1n) is 6.88. The Morgan fingerprint density at radius 1 is 1.26 bits per heavy atom. The zero-order chi connectivity index (χ0) is 16.0. The molecule has 5 nitrogen and oxygen atoms in total. The number of nitrogens with one attached hydrogen (secondary N) is 1. The van der Waals surface area contributed by atoms with E-state index in [-0.39, 0.29) is 12.7 Å². The number of ether oxygens (including phenoxy) is 2. The van der Waals surface area contributed by atoms with Gasteiger partial charge in [-0.05, 0) is 42.8 Å². The van der Waals surface area contributed by atoms with Gasteiger partial charge in [0, 0.05) is 10.6 Å². The van der Waals surface area contributed by atoms with E-state index >= 15 is 0 Å². The van der Waals surface area contributed by atoms with Crippen LogP contribution in [0.15, 0.2) is 30.3 Å². The number of carbonyl (C=O) groups excluding carboxylic acids is 1. The predicted octanol–water partition coefficient (Wildman–Crippen LogP) is 4.24. The quantitative estimate of drug-likeness (QED) is 0.754. The molecule has 3 aromatic rings. The highest BCUT2D eigenvalue weighted by atomic mass is 35.5. The lowest BCUT2D eigenvalue weighted by Gasteiger charge is -2.02. The third-order valence-electron chi connectivity index (χ3n) is 3.52. The van der Waals surface area contributed by atoms with Gasteiger partial charge < -0.3 is 9.47 Å². The van der Waals surface area contributed by atoms with Gasteiger partial charge in [-0.25, -0.2) is 4.98 Å². The van der Waals surface area contributed by atoms with E-state index in [1.165, 1.54) is 11.3 Å². The van der Waals surface area contributed by atoms with Crippen LogP contribution in [0.5, 0.6) is 11.5 Å². The number of anilines is 1. The Bertz CT molecular complexity index is 899. The van der Waals surface area contributed by atoms with Crippen molar-refractivity contribution in [1.29, 1.82) is 0 Å². The summed E-state index contributed by atoms with van der Waals surface area (Å²) in [6, 6.07) is 8.84. The van der Waals surface area contributed by atoms with Gasteiger partial charge in [-0.1, -0.05) is 22.9 Å². The lowest BCUT2D eigenvalue weighted by atomic mass is 10.2. The molecule has 116 valence electrons. The van der Waals surface area contributed by atoms with Crippen LogP contribution in [0.4, 0.5) is 5.13 Å². The number of aromatic nitrogens is 1. The lowest BCUT2D eigenvalue weighted by Crippen LogP contribution is -2.11. The van der Waals surface area contributed by atoms with Gasteiger partial charge in [0.15, 0.2) is 16.6 Å². The van der Waals surface area contributed by atoms with E-state index in [9.17, 15) is 4.79 Å². The molecule has 0 saturated heterocycles. The first-order valence-corrected chi connectivity index (χ1v) is 8.07. The van der Waals surface area contributed by atoms with Gasteiger partial charge in [0.05, 0.1) is 10.2 Å². The van der Waals surface area contributed by atoms with Crippen LogP contribution in [0.25, 0.3) is 10.2 Å². The average Bonchev–Trinajstić information content (AvgIpc) is 3.13. The molecular weight excluding hydrogens is 336 g/mol. The molecule has 1 amide bonds. The van der Waals surface area contributed by atoms with E-state index < -0.39 is 0 Å². The first kappa shape index (κ1) is 14.3. The number of hydrogen-bond acceptors (Lipinski definition) is 5. The Morgan fingerprint density at radius 2 is 2.09 bits per heavy atom. The van der Waals surface area contributed by atoms with Crippen LogP contribution in [-0.4, -0.2) is 17.7 Å². The molecule has 23 heavy (non-hydrogen) atoms. The summed E-state index contributed by atoms with van der Waals surface area (Å²) < 4.78 is 11.5. The Balaban J connectivity index is 1.61. The van der Waals surface area contributed by atoms with Gasteiger partial charge in [0.1, 0.15) is 0 Å². The molecule has 1 aromatic heterocycles.